The topological polar surface area (TPSA) is 117 Å². The first-order valence-electron chi connectivity index (χ1n) is 8.39. The van der Waals surface area contributed by atoms with E-state index in [4.69, 9.17) is 0 Å². The van der Waals surface area contributed by atoms with Gasteiger partial charge >= 0.3 is 0 Å². The van der Waals surface area contributed by atoms with Gasteiger partial charge in [0.25, 0.3) is 10.0 Å². The summed E-state index contributed by atoms with van der Waals surface area (Å²) in [6.45, 7) is 0. The molecular formula is C18H15N5O3S3. The molecule has 0 unspecified atom stereocenters. The molecule has 0 fully saturated rings. The molecule has 2 aromatic heterocycles. The number of fused-ring (bicyclic) bond motifs is 1. The first kappa shape index (κ1) is 19.4. The Morgan fingerprint density at radius 1 is 1.14 bits per heavy atom. The van der Waals surface area contributed by atoms with Crippen LogP contribution in [0.2, 0.25) is 0 Å². The Kier molecular flexibility index (Phi) is 5.51. The second-order valence-corrected chi connectivity index (χ2v) is 9.40. The number of amides is 1. The van der Waals surface area contributed by atoms with Crippen molar-refractivity contribution >= 4 is 60.9 Å². The maximum atomic E-state index is 12.3. The molecule has 0 saturated heterocycles. The Labute approximate surface area is 174 Å². The normalized spacial score (nSPS) is 11.4. The van der Waals surface area contributed by atoms with Crippen LogP contribution in [0.1, 0.15) is 0 Å². The van der Waals surface area contributed by atoms with Gasteiger partial charge in [0.05, 0.1) is 21.7 Å². The quantitative estimate of drug-likeness (QED) is 0.375. The van der Waals surface area contributed by atoms with Gasteiger partial charge in [-0.05, 0) is 36.4 Å². The van der Waals surface area contributed by atoms with E-state index in [1.54, 1.807) is 17.5 Å². The summed E-state index contributed by atoms with van der Waals surface area (Å²) in [5.74, 6) is -0.0437. The van der Waals surface area contributed by atoms with E-state index in [-0.39, 0.29) is 16.6 Å². The van der Waals surface area contributed by atoms with Gasteiger partial charge in [-0.2, -0.15) is 0 Å². The van der Waals surface area contributed by atoms with Crippen molar-refractivity contribution < 1.29 is 13.2 Å². The number of thiazole rings is 1. The van der Waals surface area contributed by atoms with Crippen LogP contribution in [0.5, 0.6) is 0 Å². The molecular weight excluding hydrogens is 430 g/mol. The lowest BCUT2D eigenvalue weighted by atomic mass is 10.3. The summed E-state index contributed by atoms with van der Waals surface area (Å²) >= 11 is 2.49. The van der Waals surface area contributed by atoms with E-state index in [0.29, 0.717) is 16.0 Å². The van der Waals surface area contributed by atoms with Gasteiger partial charge in [-0.15, -0.1) is 11.3 Å². The molecule has 2 aromatic carbocycles. The minimum Gasteiger partial charge on any atom is -0.333 e. The molecule has 0 aliphatic carbocycles. The monoisotopic (exact) mass is 445 g/mol. The lowest BCUT2D eigenvalue weighted by Gasteiger charge is -2.07. The number of para-hydroxylation sites is 2. The maximum absolute atomic E-state index is 12.3. The number of nitrogens with one attached hydrogen (secondary N) is 3. The van der Waals surface area contributed by atoms with Gasteiger partial charge in [-0.1, -0.05) is 23.9 Å². The number of thioether (sulfide) groups is 1. The number of imidazole rings is 1. The van der Waals surface area contributed by atoms with Gasteiger partial charge in [-0.25, -0.2) is 18.4 Å². The van der Waals surface area contributed by atoms with Crippen molar-refractivity contribution in [3.8, 4) is 0 Å². The van der Waals surface area contributed by atoms with Gasteiger partial charge in [-0.3, -0.25) is 9.52 Å². The number of hydrogen-bond acceptors (Lipinski definition) is 7. The molecule has 2 heterocycles. The van der Waals surface area contributed by atoms with Crippen LogP contribution >= 0.6 is 23.1 Å². The highest BCUT2D eigenvalue weighted by Crippen LogP contribution is 2.21. The molecule has 29 heavy (non-hydrogen) atoms. The highest BCUT2D eigenvalue weighted by Gasteiger charge is 2.15. The number of anilines is 2. The minimum atomic E-state index is -3.72. The predicted octanol–water partition coefficient (Wildman–Crippen LogP) is 3.55. The third kappa shape index (κ3) is 4.75. The lowest BCUT2D eigenvalue weighted by molar-refractivity contribution is -0.113. The van der Waals surface area contributed by atoms with E-state index in [1.807, 2.05) is 24.3 Å². The molecule has 4 rings (SSSR count). The van der Waals surface area contributed by atoms with E-state index in [1.165, 1.54) is 41.4 Å². The van der Waals surface area contributed by atoms with Crippen LogP contribution in [0.4, 0.5) is 10.8 Å². The molecule has 11 heteroatoms. The Morgan fingerprint density at radius 2 is 1.93 bits per heavy atom. The number of nitrogens with zero attached hydrogens (tertiary/aromatic N) is 2. The molecule has 0 spiro atoms. The average molecular weight is 446 g/mol. The van der Waals surface area contributed by atoms with Crippen molar-refractivity contribution in [2.75, 3.05) is 15.8 Å². The summed E-state index contributed by atoms with van der Waals surface area (Å²) in [4.78, 5) is 23.7. The molecule has 4 aromatic rings. The fraction of sp³-hybridized carbons (Fsp3) is 0.0556. The highest BCUT2D eigenvalue weighted by molar-refractivity contribution is 7.99. The van der Waals surface area contributed by atoms with Crippen molar-refractivity contribution in [2.24, 2.45) is 0 Å². The smallest absolute Gasteiger partial charge is 0.263 e. The fourth-order valence-corrected chi connectivity index (χ4v) is 4.97. The Hall–Kier alpha value is -2.89. The van der Waals surface area contributed by atoms with Crippen LogP contribution in [-0.2, 0) is 14.8 Å². The zero-order chi connectivity index (χ0) is 20.3. The number of H-pyrrole nitrogens is 1. The zero-order valence-electron chi connectivity index (χ0n) is 14.8. The summed E-state index contributed by atoms with van der Waals surface area (Å²) in [5, 5.41) is 5.38. The summed E-state index contributed by atoms with van der Waals surface area (Å²) in [5.41, 5.74) is 2.27. The SMILES string of the molecule is O=C(CSc1nc2ccccc2[nH]1)Nc1ccc(S(=O)(=O)Nc2nccs2)cc1. The number of carbonyl (C=O) groups excluding carboxylic acids is 1. The van der Waals surface area contributed by atoms with Crippen LogP contribution in [0.25, 0.3) is 11.0 Å². The Bertz CT molecular complexity index is 1200. The van der Waals surface area contributed by atoms with Crippen molar-refractivity contribution in [3.63, 3.8) is 0 Å². The van der Waals surface area contributed by atoms with E-state index in [9.17, 15) is 13.2 Å². The second-order valence-electron chi connectivity index (χ2n) is 5.86. The van der Waals surface area contributed by atoms with Gasteiger partial charge in [0.2, 0.25) is 5.91 Å². The third-order valence-corrected chi connectivity index (χ3v) is 6.86. The summed E-state index contributed by atoms with van der Waals surface area (Å²) in [6.07, 6.45) is 1.52. The van der Waals surface area contributed by atoms with Crippen molar-refractivity contribution in [2.45, 2.75) is 10.1 Å². The summed E-state index contributed by atoms with van der Waals surface area (Å²) < 4.78 is 27.0. The largest absolute Gasteiger partial charge is 0.333 e. The van der Waals surface area contributed by atoms with E-state index >= 15 is 0 Å². The van der Waals surface area contributed by atoms with Crippen molar-refractivity contribution in [1.29, 1.82) is 0 Å². The molecule has 0 radical (unpaired) electrons. The number of aromatic amines is 1. The molecule has 1 amide bonds. The Balaban J connectivity index is 1.35. The third-order valence-electron chi connectivity index (χ3n) is 3.81. The first-order valence-corrected chi connectivity index (χ1v) is 11.7. The summed E-state index contributed by atoms with van der Waals surface area (Å²) in [6, 6.07) is 13.6. The number of rotatable bonds is 7. The number of carbonyl (C=O) groups is 1. The number of aromatic nitrogens is 3. The molecule has 0 bridgehead atoms. The van der Waals surface area contributed by atoms with Gasteiger partial charge in [0.1, 0.15) is 0 Å². The fourth-order valence-electron chi connectivity index (χ4n) is 2.49. The minimum absolute atomic E-state index is 0.0855. The van der Waals surface area contributed by atoms with Crippen molar-refractivity contribution in [3.05, 3.63) is 60.1 Å². The second kappa shape index (κ2) is 8.23. The summed E-state index contributed by atoms with van der Waals surface area (Å²) in [7, 11) is -3.72. The lowest BCUT2D eigenvalue weighted by Crippen LogP contribution is -2.15. The number of sulfonamides is 1. The van der Waals surface area contributed by atoms with E-state index in [0.717, 1.165) is 11.0 Å². The van der Waals surface area contributed by atoms with Crippen LogP contribution in [-0.4, -0.2) is 35.0 Å². The molecule has 148 valence electrons. The predicted molar refractivity (Wildman–Crippen MR) is 115 cm³/mol. The van der Waals surface area contributed by atoms with Crippen LogP contribution in [0.15, 0.2) is 70.2 Å². The number of hydrogen-bond donors (Lipinski definition) is 3. The first-order chi connectivity index (χ1) is 14.0. The van der Waals surface area contributed by atoms with Crippen LogP contribution < -0.4 is 10.0 Å². The van der Waals surface area contributed by atoms with E-state index < -0.39 is 10.0 Å². The number of benzene rings is 2. The zero-order valence-corrected chi connectivity index (χ0v) is 17.3. The van der Waals surface area contributed by atoms with Crippen LogP contribution in [0, 0.1) is 0 Å². The van der Waals surface area contributed by atoms with E-state index in [2.05, 4.69) is 25.0 Å². The molecule has 0 aliphatic heterocycles. The molecule has 8 nitrogen and oxygen atoms in total. The highest BCUT2D eigenvalue weighted by atomic mass is 32.2. The molecule has 3 N–H and O–H groups in total. The van der Waals surface area contributed by atoms with Gasteiger partial charge < -0.3 is 10.3 Å². The van der Waals surface area contributed by atoms with Gasteiger partial charge in [0, 0.05) is 17.3 Å². The molecule has 0 atom stereocenters. The maximum Gasteiger partial charge on any atom is 0.263 e. The standard InChI is InChI=1S/C18H15N5O3S3/c24-16(11-28-18-21-14-3-1-2-4-15(14)22-18)20-12-5-7-13(8-6-12)29(25,26)23-17-19-9-10-27-17/h1-10H,11H2,(H,19,23)(H,20,24)(H,21,22). The molecule has 0 aliphatic rings. The van der Waals surface area contributed by atoms with Crippen LogP contribution in [0.3, 0.4) is 0 Å². The average Bonchev–Trinajstić information content (AvgIpc) is 3.35. The Morgan fingerprint density at radius 3 is 2.66 bits per heavy atom. The van der Waals surface area contributed by atoms with Crippen molar-refractivity contribution in [1.82, 2.24) is 15.0 Å². The molecule has 0 saturated carbocycles. The van der Waals surface area contributed by atoms with Gasteiger partial charge in [0.15, 0.2) is 10.3 Å².